The molecule has 1 fully saturated rings. The molecule has 0 aliphatic carbocycles. The Bertz CT molecular complexity index is 562. The maximum absolute atomic E-state index is 12.4. The second-order valence-corrected chi connectivity index (χ2v) is 6.45. The number of hydrogen-bond donors (Lipinski definition) is 1. The number of thioether (sulfide) groups is 1. The summed E-state index contributed by atoms with van der Waals surface area (Å²) in [5.41, 5.74) is 5.96. The Morgan fingerprint density at radius 3 is 2.64 bits per heavy atom. The smallest absolute Gasteiger partial charge is 0.240 e. The average molecular weight is 320 g/mol. The first kappa shape index (κ1) is 16.5. The van der Waals surface area contributed by atoms with Gasteiger partial charge in [-0.1, -0.05) is 49.0 Å². The van der Waals surface area contributed by atoms with E-state index in [4.69, 9.17) is 5.73 Å². The van der Waals surface area contributed by atoms with E-state index in [2.05, 4.69) is 0 Å². The molecule has 0 radical (unpaired) electrons. The van der Waals surface area contributed by atoms with Gasteiger partial charge >= 0.3 is 0 Å². The zero-order valence-corrected chi connectivity index (χ0v) is 13.3. The highest BCUT2D eigenvalue weighted by Crippen LogP contribution is 2.22. The molecule has 118 valence electrons. The number of primary amides is 1. The van der Waals surface area contributed by atoms with Gasteiger partial charge in [0.25, 0.3) is 0 Å². The fourth-order valence-electron chi connectivity index (χ4n) is 2.54. The van der Waals surface area contributed by atoms with Crippen LogP contribution in [0.4, 0.5) is 0 Å². The first-order chi connectivity index (χ1) is 10.5. The van der Waals surface area contributed by atoms with Crippen LogP contribution in [0.2, 0.25) is 0 Å². The summed E-state index contributed by atoms with van der Waals surface area (Å²) in [6, 6.07) is 8.49. The number of benzene rings is 1. The molecule has 2 atom stereocenters. The van der Waals surface area contributed by atoms with Crippen molar-refractivity contribution in [1.29, 1.82) is 0 Å². The van der Waals surface area contributed by atoms with Crippen LogP contribution < -0.4 is 5.73 Å². The van der Waals surface area contributed by atoms with E-state index in [1.807, 2.05) is 18.2 Å². The minimum atomic E-state index is -0.496. The van der Waals surface area contributed by atoms with Crippen LogP contribution in [0.5, 0.6) is 0 Å². The quantitative estimate of drug-likeness (QED) is 0.895. The summed E-state index contributed by atoms with van der Waals surface area (Å²) in [5.74, 6) is -0.479. The van der Waals surface area contributed by atoms with Gasteiger partial charge in [0.05, 0.1) is 0 Å². The summed E-state index contributed by atoms with van der Waals surface area (Å²) in [5, 5.41) is -0.0480. The zero-order valence-electron chi connectivity index (χ0n) is 12.5. The molecule has 1 heterocycles. The van der Waals surface area contributed by atoms with Crippen LogP contribution in [0.1, 0.15) is 30.1 Å². The Balaban J connectivity index is 1.89. The maximum atomic E-state index is 12.4. The molecule has 0 unspecified atom stereocenters. The first-order valence-electron chi connectivity index (χ1n) is 7.32. The molecule has 1 saturated heterocycles. The van der Waals surface area contributed by atoms with Crippen molar-refractivity contribution in [2.45, 2.75) is 25.8 Å². The number of carbonyl (C=O) groups is 3. The standard InChI is InChI=1S/C16H20N2O3S/c1-11(10-22-16(21)12-6-3-2-4-7-12)15(20)18-9-5-8-13(18)14(17)19/h2-4,6-7,11,13H,5,8-10H2,1H3,(H2,17,19)/t11-,13-/m0/s1. The molecule has 0 spiro atoms. The topological polar surface area (TPSA) is 80.5 Å². The van der Waals surface area contributed by atoms with Gasteiger partial charge in [-0.2, -0.15) is 0 Å². The zero-order chi connectivity index (χ0) is 16.1. The molecule has 2 N–H and O–H groups in total. The Morgan fingerprint density at radius 1 is 1.32 bits per heavy atom. The van der Waals surface area contributed by atoms with Crippen LogP contribution in [-0.4, -0.2) is 40.2 Å². The number of amides is 2. The minimum Gasteiger partial charge on any atom is -0.368 e. The molecule has 1 aromatic rings. The third-order valence-corrected chi connectivity index (χ3v) is 4.92. The lowest BCUT2D eigenvalue weighted by molar-refractivity contribution is -0.139. The van der Waals surface area contributed by atoms with Crippen molar-refractivity contribution in [2.24, 2.45) is 11.7 Å². The fourth-order valence-corrected chi connectivity index (χ4v) is 3.39. The van der Waals surface area contributed by atoms with Crippen molar-refractivity contribution in [2.75, 3.05) is 12.3 Å². The lowest BCUT2D eigenvalue weighted by Gasteiger charge is -2.25. The molecule has 1 aliphatic heterocycles. The monoisotopic (exact) mass is 320 g/mol. The van der Waals surface area contributed by atoms with E-state index in [-0.39, 0.29) is 16.9 Å². The van der Waals surface area contributed by atoms with Crippen LogP contribution in [0.3, 0.4) is 0 Å². The SMILES string of the molecule is C[C@@H](CSC(=O)c1ccccc1)C(=O)N1CCC[C@H]1C(N)=O. The van der Waals surface area contributed by atoms with Gasteiger partial charge in [-0.3, -0.25) is 14.4 Å². The van der Waals surface area contributed by atoms with Crippen molar-refractivity contribution in [3.05, 3.63) is 35.9 Å². The van der Waals surface area contributed by atoms with Gasteiger partial charge in [-0.25, -0.2) is 0 Å². The van der Waals surface area contributed by atoms with E-state index in [0.29, 0.717) is 24.3 Å². The molecule has 0 aromatic heterocycles. The van der Waals surface area contributed by atoms with Gasteiger partial charge in [0.15, 0.2) is 0 Å². The molecule has 1 aromatic carbocycles. The highest BCUT2D eigenvalue weighted by atomic mass is 32.2. The molecule has 0 bridgehead atoms. The fraction of sp³-hybridized carbons (Fsp3) is 0.438. The van der Waals surface area contributed by atoms with E-state index < -0.39 is 11.9 Å². The van der Waals surface area contributed by atoms with Crippen molar-refractivity contribution < 1.29 is 14.4 Å². The predicted octanol–water partition coefficient (Wildman–Crippen LogP) is 1.67. The second kappa shape index (κ2) is 7.45. The van der Waals surface area contributed by atoms with E-state index >= 15 is 0 Å². The minimum absolute atomic E-state index is 0.0480. The molecule has 22 heavy (non-hydrogen) atoms. The van der Waals surface area contributed by atoms with E-state index in [9.17, 15) is 14.4 Å². The molecule has 1 aliphatic rings. The summed E-state index contributed by atoms with van der Waals surface area (Å²) in [6.45, 7) is 2.35. The third-order valence-electron chi connectivity index (χ3n) is 3.76. The van der Waals surface area contributed by atoms with Crippen LogP contribution in [0.25, 0.3) is 0 Å². The van der Waals surface area contributed by atoms with Crippen molar-refractivity contribution >= 4 is 28.7 Å². The number of nitrogens with two attached hydrogens (primary N) is 1. The van der Waals surface area contributed by atoms with Crippen LogP contribution in [0, 0.1) is 5.92 Å². The first-order valence-corrected chi connectivity index (χ1v) is 8.31. The van der Waals surface area contributed by atoms with Crippen LogP contribution in [-0.2, 0) is 9.59 Å². The molecule has 5 nitrogen and oxygen atoms in total. The molecular weight excluding hydrogens is 300 g/mol. The van der Waals surface area contributed by atoms with Crippen LogP contribution in [0.15, 0.2) is 30.3 Å². The van der Waals surface area contributed by atoms with Gasteiger partial charge in [-0.05, 0) is 12.8 Å². The summed E-state index contributed by atoms with van der Waals surface area (Å²) < 4.78 is 0. The number of rotatable bonds is 5. The maximum Gasteiger partial charge on any atom is 0.240 e. The van der Waals surface area contributed by atoms with Gasteiger partial charge in [0.1, 0.15) is 6.04 Å². The highest BCUT2D eigenvalue weighted by molar-refractivity contribution is 8.14. The number of hydrogen-bond acceptors (Lipinski definition) is 4. The average Bonchev–Trinajstić information content (AvgIpc) is 3.02. The van der Waals surface area contributed by atoms with E-state index in [1.165, 1.54) is 0 Å². The largest absolute Gasteiger partial charge is 0.368 e. The molecular formula is C16H20N2O3S. The summed E-state index contributed by atoms with van der Waals surface area (Å²) in [4.78, 5) is 37.3. The second-order valence-electron chi connectivity index (χ2n) is 5.46. The van der Waals surface area contributed by atoms with E-state index in [1.54, 1.807) is 24.0 Å². The Kier molecular flexibility index (Phi) is 5.60. The van der Waals surface area contributed by atoms with Crippen molar-refractivity contribution in [3.63, 3.8) is 0 Å². The molecule has 6 heteroatoms. The van der Waals surface area contributed by atoms with Gasteiger partial charge < -0.3 is 10.6 Å². The van der Waals surface area contributed by atoms with Crippen molar-refractivity contribution in [3.8, 4) is 0 Å². The molecule has 0 saturated carbocycles. The number of nitrogens with zero attached hydrogens (tertiary/aromatic N) is 1. The van der Waals surface area contributed by atoms with Gasteiger partial charge in [0.2, 0.25) is 16.9 Å². The normalized spacial score (nSPS) is 19.0. The molecule has 2 amide bonds. The summed E-state index contributed by atoms with van der Waals surface area (Å²) in [6.07, 6.45) is 1.42. The Morgan fingerprint density at radius 2 is 2.00 bits per heavy atom. The van der Waals surface area contributed by atoms with Gasteiger partial charge in [-0.15, -0.1) is 0 Å². The number of likely N-dealkylation sites (tertiary alicyclic amines) is 1. The molecule has 2 rings (SSSR count). The van der Waals surface area contributed by atoms with Crippen molar-refractivity contribution in [1.82, 2.24) is 4.90 Å². The van der Waals surface area contributed by atoms with Crippen LogP contribution >= 0.6 is 11.8 Å². The summed E-state index contributed by atoms with van der Waals surface area (Å²) >= 11 is 1.13. The van der Waals surface area contributed by atoms with Gasteiger partial charge in [0, 0.05) is 23.8 Å². The highest BCUT2D eigenvalue weighted by Gasteiger charge is 2.34. The third kappa shape index (κ3) is 3.88. The lowest BCUT2D eigenvalue weighted by Crippen LogP contribution is -2.46. The lowest BCUT2D eigenvalue weighted by atomic mass is 10.1. The Labute approximate surface area is 134 Å². The number of carbonyl (C=O) groups excluding carboxylic acids is 3. The Hall–Kier alpha value is -1.82. The predicted molar refractivity (Wildman–Crippen MR) is 86.3 cm³/mol. The summed E-state index contributed by atoms with van der Waals surface area (Å²) in [7, 11) is 0. The van der Waals surface area contributed by atoms with E-state index in [0.717, 1.165) is 18.2 Å².